The van der Waals surface area contributed by atoms with Crippen molar-refractivity contribution in [3.63, 3.8) is 0 Å². The predicted molar refractivity (Wildman–Crippen MR) is 106 cm³/mol. The molecule has 0 aliphatic heterocycles. The van der Waals surface area contributed by atoms with Crippen LogP contribution in [-0.2, 0) is 32.0 Å². The minimum atomic E-state index is -0.836. The van der Waals surface area contributed by atoms with Crippen molar-refractivity contribution in [3.8, 4) is 0 Å². The van der Waals surface area contributed by atoms with E-state index in [0.29, 0.717) is 0 Å². The van der Waals surface area contributed by atoms with E-state index in [2.05, 4.69) is 22.2 Å². The normalized spacial score (nSPS) is 11.6. The van der Waals surface area contributed by atoms with Crippen molar-refractivity contribution in [1.82, 2.24) is 5.32 Å². The van der Waals surface area contributed by atoms with Crippen molar-refractivity contribution in [1.29, 1.82) is 0 Å². The zero-order valence-corrected chi connectivity index (χ0v) is 16.1. The van der Waals surface area contributed by atoms with E-state index in [1.165, 1.54) is 31.6 Å². The third-order valence-electron chi connectivity index (χ3n) is 4.03. The van der Waals surface area contributed by atoms with E-state index in [-0.39, 0.29) is 13.0 Å². The Kier molecular flexibility index (Phi) is 8.59. The first kappa shape index (κ1) is 21.0. The highest BCUT2D eigenvalue weighted by molar-refractivity contribution is 5.81. The first-order valence-electron chi connectivity index (χ1n) is 8.93. The summed E-state index contributed by atoms with van der Waals surface area (Å²) in [5.74, 6) is -0.553. The number of rotatable bonds is 9. The van der Waals surface area contributed by atoms with Gasteiger partial charge in [-0.1, -0.05) is 54.6 Å². The van der Waals surface area contributed by atoms with Crippen LogP contribution >= 0.6 is 0 Å². The molecule has 1 atom stereocenters. The van der Waals surface area contributed by atoms with Gasteiger partial charge in [-0.25, -0.2) is 9.59 Å². The maximum Gasteiger partial charge on any atom is 0.408 e. The number of nitrogens with one attached hydrogen (secondary N) is 1. The summed E-state index contributed by atoms with van der Waals surface area (Å²) in [5, 5.41) is 2.50. The molecule has 1 amide bonds. The number of ether oxygens (including phenoxy) is 3. The van der Waals surface area contributed by atoms with Crippen LogP contribution in [0.2, 0.25) is 0 Å². The molecule has 0 aromatic heterocycles. The molecule has 0 aliphatic rings. The maximum absolute atomic E-state index is 12.0. The van der Waals surface area contributed by atoms with E-state index < -0.39 is 18.1 Å². The number of amides is 1. The molecule has 1 N–H and O–H groups in total. The van der Waals surface area contributed by atoms with Gasteiger partial charge in [0.25, 0.3) is 0 Å². The van der Waals surface area contributed by atoms with Crippen molar-refractivity contribution in [2.45, 2.75) is 25.5 Å². The Balaban J connectivity index is 1.83. The van der Waals surface area contributed by atoms with Gasteiger partial charge in [0.15, 0.2) is 0 Å². The lowest BCUT2D eigenvalue weighted by molar-refractivity contribution is -0.142. The second-order valence-electron chi connectivity index (χ2n) is 6.12. The van der Waals surface area contributed by atoms with Crippen LogP contribution in [0.15, 0.2) is 66.9 Å². The molecule has 28 heavy (non-hydrogen) atoms. The number of carbonyl (C=O) groups is 2. The highest BCUT2D eigenvalue weighted by Crippen LogP contribution is 2.11. The van der Waals surface area contributed by atoms with E-state index in [9.17, 15) is 9.59 Å². The predicted octanol–water partition coefficient (Wildman–Crippen LogP) is 3.60. The maximum atomic E-state index is 12.0. The van der Waals surface area contributed by atoms with Crippen LogP contribution < -0.4 is 5.32 Å². The first-order chi connectivity index (χ1) is 13.6. The van der Waals surface area contributed by atoms with Crippen LogP contribution in [0, 0.1) is 0 Å². The van der Waals surface area contributed by atoms with Crippen LogP contribution in [0.1, 0.15) is 23.1 Å². The standard InChI is InChI=1S/C22H25NO5/c1-26-14-6-9-20(21(24)27-2)23-22(25)28-16-19-12-10-18(11-13-19)15-17-7-4-3-5-8-17/h3-8,10-14,20H,9,15-16H2,1-2H3,(H,23,25)/b14-6+. The summed E-state index contributed by atoms with van der Waals surface area (Å²) in [7, 11) is 2.76. The minimum absolute atomic E-state index is 0.110. The summed E-state index contributed by atoms with van der Waals surface area (Å²) >= 11 is 0. The molecule has 0 saturated carbocycles. The topological polar surface area (TPSA) is 73.9 Å². The summed E-state index contributed by atoms with van der Waals surface area (Å²) in [4.78, 5) is 23.7. The third-order valence-corrected chi connectivity index (χ3v) is 4.03. The molecule has 2 rings (SSSR count). The second kappa shape index (κ2) is 11.4. The summed E-state index contributed by atoms with van der Waals surface area (Å²) < 4.78 is 14.7. The van der Waals surface area contributed by atoms with Crippen LogP contribution in [0.25, 0.3) is 0 Å². The fourth-order valence-electron chi connectivity index (χ4n) is 2.56. The smallest absolute Gasteiger partial charge is 0.408 e. The molecule has 0 bridgehead atoms. The van der Waals surface area contributed by atoms with Gasteiger partial charge >= 0.3 is 12.1 Å². The van der Waals surface area contributed by atoms with Crippen molar-refractivity contribution >= 4 is 12.1 Å². The number of methoxy groups -OCH3 is 2. The van der Waals surface area contributed by atoms with Crippen LogP contribution in [0.4, 0.5) is 4.79 Å². The lowest BCUT2D eigenvalue weighted by Gasteiger charge is -2.15. The highest BCUT2D eigenvalue weighted by Gasteiger charge is 2.20. The average Bonchev–Trinajstić information content (AvgIpc) is 2.73. The quantitative estimate of drug-likeness (QED) is 0.529. The van der Waals surface area contributed by atoms with E-state index in [0.717, 1.165) is 12.0 Å². The van der Waals surface area contributed by atoms with Crippen molar-refractivity contribution in [2.75, 3.05) is 14.2 Å². The third kappa shape index (κ3) is 7.15. The van der Waals surface area contributed by atoms with E-state index in [4.69, 9.17) is 9.47 Å². The molecule has 2 aromatic rings. The van der Waals surface area contributed by atoms with E-state index in [1.807, 2.05) is 42.5 Å². The number of hydrogen-bond acceptors (Lipinski definition) is 5. The first-order valence-corrected chi connectivity index (χ1v) is 8.93. The lowest BCUT2D eigenvalue weighted by Crippen LogP contribution is -2.41. The summed E-state index contributed by atoms with van der Waals surface area (Å²) in [6, 6.07) is 17.2. The van der Waals surface area contributed by atoms with Gasteiger partial charge in [0.2, 0.25) is 0 Å². The number of benzene rings is 2. The highest BCUT2D eigenvalue weighted by atomic mass is 16.6. The second-order valence-corrected chi connectivity index (χ2v) is 6.12. The Morgan fingerprint density at radius 2 is 1.61 bits per heavy atom. The number of esters is 1. The largest absolute Gasteiger partial charge is 0.505 e. The van der Waals surface area contributed by atoms with Crippen LogP contribution in [-0.4, -0.2) is 32.3 Å². The van der Waals surface area contributed by atoms with Crippen LogP contribution in [0.5, 0.6) is 0 Å². The summed E-state index contributed by atoms with van der Waals surface area (Å²) in [6.07, 6.45) is 3.45. The van der Waals surface area contributed by atoms with Gasteiger partial charge in [-0.2, -0.15) is 0 Å². The van der Waals surface area contributed by atoms with Crippen LogP contribution in [0.3, 0.4) is 0 Å². The average molecular weight is 383 g/mol. The van der Waals surface area contributed by atoms with Crippen molar-refractivity contribution < 1.29 is 23.8 Å². The Morgan fingerprint density at radius 3 is 2.25 bits per heavy atom. The van der Waals surface area contributed by atoms with Gasteiger partial charge in [0, 0.05) is 0 Å². The molecule has 0 fully saturated rings. The molecule has 6 heteroatoms. The van der Waals surface area contributed by atoms with Gasteiger partial charge in [0.1, 0.15) is 12.6 Å². The van der Waals surface area contributed by atoms with Crippen molar-refractivity contribution in [3.05, 3.63) is 83.6 Å². The fraction of sp³-hybridized carbons (Fsp3) is 0.273. The molecule has 0 aliphatic carbocycles. The Morgan fingerprint density at radius 1 is 0.964 bits per heavy atom. The number of alkyl carbamates (subject to hydrolysis) is 1. The van der Waals surface area contributed by atoms with Gasteiger partial charge in [-0.15, -0.1) is 0 Å². The van der Waals surface area contributed by atoms with Gasteiger partial charge < -0.3 is 19.5 Å². The molecule has 1 unspecified atom stereocenters. The molecule has 0 radical (unpaired) electrons. The SMILES string of the molecule is CO/C=C/CC(NC(=O)OCc1ccc(Cc2ccccc2)cc1)C(=O)OC. The monoisotopic (exact) mass is 383 g/mol. The Bertz CT molecular complexity index is 771. The molecule has 0 spiro atoms. The Labute approximate surface area is 165 Å². The Hall–Kier alpha value is -3.28. The molecule has 0 heterocycles. The molecular formula is C22H25NO5. The zero-order valence-electron chi connectivity index (χ0n) is 16.1. The number of carbonyl (C=O) groups excluding carboxylic acids is 2. The minimum Gasteiger partial charge on any atom is -0.505 e. The van der Waals surface area contributed by atoms with Gasteiger partial charge in [-0.3, -0.25) is 0 Å². The fourth-order valence-corrected chi connectivity index (χ4v) is 2.56. The number of hydrogen-bond donors (Lipinski definition) is 1. The van der Waals surface area contributed by atoms with Gasteiger partial charge in [0.05, 0.1) is 20.5 Å². The lowest BCUT2D eigenvalue weighted by atomic mass is 10.0. The molecular weight excluding hydrogens is 358 g/mol. The molecule has 2 aromatic carbocycles. The zero-order chi connectivity index (χ0) is 20.2. The van der Waals surface area contributed by atoms with E-state index >= 15 is 0 Å². The molecule has 0 saturated heterocycles. The van der Waals surface area contributed by atoms with E-state index in [1.54, 1.807) is 6.08 Å². The van der Waals surface area contributed by atoms with Crippen molar-refractivity contribution in [2.24, 2.45) is 0 Å². The molecule has 148 valence electrons. The summed E-state index contributed by atoms with van der Waals surface area (Å²) in [5.41, 5.74) is 3.28. The summed E-state index contributed by atoms with van der Waals surface area (Å²) in [6.45, 7) is 0.110. The molecule has 6 nitrogen and oxygen atoms in total. The van der Waals surface area contributed by atoms with Gasteiger partial charge in [-0.05, 0) is 35.6 Å².